The first kappa shape index (κ1) is 21.1. The summed E-state index contributed by atoms with van der Waals surface area (Å²) in [4.78, 5) is 37.5. The summed E-state index contributed by atoms with van der Waals surface area (Å²) in [6, 6.07) is 18.7. The van der Waals surface area contributed by atoms with Crippen LogP contribution in [0, 0.1) is 0 Å². The summed E-state index contributed by atoms with van der Waals surface area (Å²) in [5.74, 6) is -2.02. The Kier molecular flexibility index (Phi) is 6.83. The van der Waals surface area contributed by atoms with Gasteiger partial charge in [0.1, 0.15) is 17.1 Å². The minimum absolute atomic E-state index is 0.00367. The molecule has 30 heavy (non-hydrogen) atoms. The van der Waals surface area contributed by atoms with Crippen molar-refractivity contribution in [2.24, 2.45) is 0 Å². The molecule has 3 aromatic rings. The number of benzene rings is 3. The fraction of sp³-hybridized carbons (Fsp3) is 0.0870. The molecule has 0 radical (unpaired) electrons. The Morgan fingerprint density at radius 1 is 0.667 bits per heavy atom. The van der Waals surface area contributed by atoms with Crippen LogP contribution in [0.2, 0.25) is 5.02 Å². The van der Waals surface area contributed by atoms with Crippen LogP contribution in [-0.2, 0) is 4.74 Å². The van der Waals surface area contributed by atoms with Crippen LogP contribution in [0.4, 0.5) is 0 Å². The molecular weight excluding hydrogens is 408 g/mol. The number of esters is 3. The molecular formula is C23H17ClO6. The molecule has 0 heterocycles. The van der Waals surface area contributed by atoms with E-state index < -0.39 is 17.9 Å². The number of carbonyl (C=O) groups excluding carboxylic acids is 3. The topological polar surface area (TPSA) is 78.9 Å². The largest absolute Gasteiger partial charge is 0.462 e. The van der Waals surface area contributed by atoms with E-state index in [0.29, 0.717) is 0 Å². The SMILES string of the molecule is CCOC(=O)c1ccccc1OC(=O)c1ccccc1C(=O)Oc1ccccc1Cl. The quantitative estimate of drug-likeness (QED) is 0.411. The molecule has 7 heteroatoms. The van der Waals surface area contributed by atoms with E-state index in [0.717, 1.165) is 0 Å². The number of ether oxygens (including phenoxy) is 3. The Hall–Kier alpha value is -3.64. The molecule has 0 saturated carbocycles. The molecule has 0 unspecified atom stereocenters. The molecule has 0 aromatic heterocycles. The van der Waals surface area contributed by atoms with Gasteiger partial charge in [0.25, 0.3) is 0 Å². The monoisotopic (exact) mass is 424 g/mol. The van der Waals surface area contributed by atoms with E-state index in [9.17, 15) is 14.4 Å². The van der Waals surface area contributed by atoms with Crippen LogP contribution in [0.5, 0.6) is 11.5 Å². The van der Waals surface area contributed by atoms with Crippen LogP contribution in [0.25, 0.3) is 0 Å². The lowest BCUT2D eigenvalue weighted by atomic mass is 10.1. The van der Waals surface area contributed by atoms with Crippen LogP contribution in [0.1, 0.15) is 38.0 Å². The van der Waals surface area contributed by atoms with E-state index in [-0.39, 0.29) is 39.8 Å². The summed E-state index contributed by atoms with van der Waals surface area (Å²) in [7, 11) is 0. The summed E-state index contributed by atoms with van der Waals surface area (Å²) in [5, 5.41) is 0.259. The zero-order chi connectivity index (χ0) is 21.5. The van der Waals surface area contributed by atoms with E-state index in [1.165, 1.54) is 30.3 Å². The van der Waals surface area contributed by atoms with Gasteiger partial charge in [0.15, 0.2) is 0 Å². The maximum Gasteiger partial charge on any atom is 0.344 e. The van der Waals surface area contributed by atoms with Crippen molar-refractivity contribution >= 4 is 29.5 Å². The number of para-hydroxylation sites is 2. The van der Waals surface area contributed by atoms with Gasteiger partial charge in [0.2, 0.25) is 0 Å². The van der Waals surface area contributed by atoms with Gasteiger partial charge in [-0.3, -0.25) is 0 Å². The molecule has 0 aliphatic heterocycles. The second-order valence-corrected chi connectivity index (χ2v) is 6.38. The van der Waals surface area contributed by atoms with Gasteiger partial charge < -0.3 is 14.2 Å². The fourth-order valence-electron chi connectivity index (χ4n) is 2.61. The minimum atomic E-state index is -0.821. The van der Waals surface area contributed by atoms with Gasteiger partial charge in [-0.1, -0.05) is 48.0 Å². The number of hydrogen-bond acceptors (Lipinski definition) is 6. The summed E-state index contributed by atoms with van der Waals surface area (Å²) < 4.78 is 15.7. The molecule has 6 nitrogen and oxygen atoms in total. The highest BCUT2D eigenvalue weighted by atomic mass is 35.5. The van der Waals surface area contributed by atoms with Gasteiger partial charge in [-0.25, -0.2) is 14.4 Å². The van der Waals surface area contributed by atoms with E-state index in [1.54, 1.807) is 49.4 Å². The zero-order valence-corrected chi connectivity index (χ0v) is 16.7. The van der Waals surface area contributed by atoms with Crippen molar-refractivity contribution in [2.75, 3.05) is 6.61 Å². The normalized spacial score (nSPS) is 10.2. The fourth-order valence-corrected chi connectivity index (χ4v) is 2.78. The van der Waals surface area contributed by atoms with Crippen molar-refractivity contribution in [3.8, 4) is 11.5 Å². The Morgan fingerprint density at radius 3 is 1.70 bits per heavy atom. The first-order chi connectivity index (χ1) is 14.5. The van der Waals surface area contributed by atoms with Crippen molar-refractivity contribution in [1.82, 2.24) is 0 Å². The summed E-state index contributed by atoms with van der Waals surface area (Å²) in [6.45, 7) is 1.85. The predicted octanol–water partition coefficient (Wildman–Crippen LogP) is 4.96. The molecule has 3 rings (SSSR count). The Morgan fingerprint density at radius 2 is 1.13 bits per heavy atom. The zero-order valence-electron chi connectivity index (χ0n) is 16.0. The number of hydrogen-bond donors (Lipinski definition) is 0. The van der Waals surface area contributed by atoms with E-state index in [2.05, 4.69) is 0 Å². The van der Waals surface area contributed by atoms with Crippen molar-refractivity contribution in [3.05, 3.63) is 94.5 Å². The highest BCUT2D eigenvalue weighted by Gasteiger charge is 2.22. The van der Waals surface area contributed by atoms with Crippen molar-refractivity contribution in [2.45, 2.75) is 6.92 Å². The van der Waals surface area contributed by atoms with Crippen molar-refractivity contribution < 1.29 is 28.6 Å². The van der Waals surface area contributed by atoms with E-state index in [1.807, 2.05) is 0 Å². The van der Waals surface area contributed by atoms with Gasteiger partial charge in [0, 0.05) is 0 Å². The second-order valence-electron chi connectivity index (χ2n) is 5.97. The summed E-state index contributed by atoms with van der Waals surface area (Å²) in [6.07, 6.45) is 0. The van der Waals surface area contributed by atoms with E-state index in [4.69, 9.17) is 25.8 Å². The lowest BCUT2D eigenvalue weighted by Crippen LogP contribution is -2.18. The second kappa shape index (κ2) is 9.71. The third-order valence-electron chi connectivity index (χ3n) is 3.99. The van der Waals surface area contributed by atoms with Crippen molar-refractivity contribution in [1.29, 1.82) is 0 Å². The van der Waals surface area contributed by atoms with Crippen LogP contribution < -0.4 is 9.47 Å². The third kappa shape index (κ3) is 4.85. The minimum Gasteiger partial charge on any atom is -0.462 e. The third-order valence-corrected chi connectivity index (χ3v) is 4.30. The first-order valence-electron chi connectivity index (χ1n) is 9.05. The highest BCUT2D eigenvalue weighted by molar-refractivity contribution is 6.32. The molecule has 152 valence electrons. The Balaban J connectivity index is 1.86. The van der Waals surface area contributed by atoms with Crippen LogP contribution in [-0.4, -0.2) is 24.5 Å². The maximum absolute atomic E-state index is 12.8. The molecule has 3 aromatic carbocycles. The lowest BCUT2D eigenvalue weighted by Gasteiger charge is -2.12. The molecule has 0 atom stereocenters. The van der Waals surface area contributed by atoms with Gasteiger partial charge in [0.05, 0.1) is 22.8 Å². The van der Waals surface area contributed by atoms with E-state index >= 15 is 0 Å². The van der Waals surface area contributed by atoms with Gasteiger partial charge >= 0.3 is 17.9 Å². The van der Waals surface area contributed by atoms with Crippen LogP contribution in [0.15, 0.2) is 72.8 Å². The first-order valence-corrected chi connectivity index (χ1v) is 9.43. The molecule has 0 saturated heterocycles. The number of carbonyl (C=O) groups is 3. The molecule has 0 fully saturated rings. The molecule has 0 aliphatic carbocycles. The molecule has 0 aliphatic rings. The smallest absolute Gasteiger partial charge is 0.344 e. The molecule has 0 spiro atoms. The molecule has 0 bridgehead atoms. The highest BCUT2D eigenvalue weighted by Crippen LogP contribution is 2.25. The van der Waals surface area contributed by atoms with Gasteiger partial charge in [-0.15, -0.1) is 0 Å². The van der Waals surface area contributed by atoms with Crippen LogP contribution >= 0.6 is 11.6 Å². The predicted molar refractivity (Wildman–Crippen MR) is 110 cm³/mol. The average molecular weight is 425 g/mol. The maximum atomic E-state index is 12.8. The van der Waals surface area contributed by atoms with Crippen LogP contribution in [0.3, 0.4) is 0 Å². The standard InChI is InChI=1S/C23H17ClO6/c1-2-28-21(25)17-11-5-7-13-19(17)29-22(26)15-9-3-4-10-16(15)23(27)30-20-14-8-6-12-18(20)24/h3-14H,2H2,1H3. The number of halogens is 1. The summed E-state index contributed by atoms with van der Waals surface area (Å²) in [5.41, 5.74) is 0.0769. The Labute approximate surface area is 177 Å². The summed E-state index contributed by atoms with van der Waals surface area (Å²) >= 11 is 6.03. The van der Waals surface area contributed by atoms with Gasteiger partial charge in [-0.05, 0) is 43.3 Å². The van der Waals surface area contributed by atoms with Crippen molar-refractivity contribution in [3.63, 3.8) is 0 Å². The van der Waals surface area contributed by atoms with Gasteiger partial charge in [-0.2, -0.15) is 0 Å². The lowest BCUT2D eigenvalue weighted by molar-refractivity contribution is 0.0519. The Bertz CT molecular complexity index is 1090. The number of rotatable bonds is 6. The average Bonchev–Trinajstić information content (AvgIpc) is 2.76. The molecule has 0 N–H and O–H groups in total. The molecule has 0 amide bonds.